The van der Waals surface area contributed by atoms with Crippen LogP contribution in [0.15, 0.2) is 12.1 Å². The summed E-state index contributed by atoms with van der Waals surface area (Å²) in [6, 6.07) is 6.59. The fraction of sp³-hybridized carbons (Fsp3) is 0.462. The van der Waals surface area contributed by atoms with Crippen molar-refractivity contribution < 1.29 is 0 Å². The first kappa shape index (κ1) is 11.7. The monoisotopic (exact) mass is 202 g/mol. The van der Waals surface area contributed by atoms with E-state index in [1.807, 2.05) is 11.9 Å². The van der Waals surface area contributed by atoms with E-state index in [-0.39, 0.29) is 0 Å². The van der Waals surface area contributed by atoms with Crippen molar-refractivity contribution >= 4 is 0 Å². The molecule has 0 bridgehead atoms. The van der Waals surface area contributed by atoms with Crippen LogP contribution in [0.1, 0.15) is 22.3 Å². The molecule has 2 heteroatoms. The zero-order valence-corrected chi connectivity index (χ0v) is 9.96. The van der Waals surface area contributed by atoms with Crippen LogP contribution < -0.4 is 0 Å². The fourth-order valence-electron chi connectivity index (χ4n) is 1.66. The molecule has 1 aromatic carbocycles. The number of nitrogens with zero attached hydrogens (tertiary/aromatic N) is 2. The van der Waals surface area contributed by atoms with Crippen molar-refractivity contribution in [2.75, 3.05) is 13.6 Å². The van der Waals surface area contributed by atoms with E-state index in [1.165, 1.54) is 22.3 Å². The SMILES string of the molecule is Cc1cc(C)c(CN(C)CC#N)cc1C. The Balaban J connectivity index is 2.87. The molecule has 0 aromatic heterocycles. The molecular formula is C13H18N2. The van der Waals surface area contributed by atoms with Gasteiger partial charge in [0.25, 0.3) is 0 Å². The quantitative estimate of drug-likeness (QED) is 0.704. The Labute approximate surface area is 92.1 Å². The lowest BCUT2D eigenvalue weighted by molar-refractivity contribution is 0.366. The molecule has 0 saturated carbocycles. The molecule has 0 aliphatic carbocycles. The minimum Gasteiger partial charge on any atom is -0.289 e. The molecule has 0 saturated heterocycles. The third kappa shape index (κ3) is 3.07. The van der Waals surface area contributed by atoms with Gasteiger partial charge < -0.3 is 0 Å². The van der Waals surface area contributed by atoms with Crippen LogP contribution in [-0.4, -0.2) is 18.5 Å². The van der Waals surface area contributed by atoms with Crippen LogP contribution in [0, 0.1) is 32.1 Å². The highest BCUT2D eigenvalue weighted by Gasteiger charge is 2.04. The van der Waals surface area contributed by atoms with Gasteiger partial charge in [-0.15, -0.1) is 0 Å². The van der Waals surface area contributed by atoms with E-state index in [0.717, 1.165) is 6.54 Å². The molecule has 1 rings (SSSR count). The third-order valence-electron chi connectivity index (χ3n) is 2.73. The molecule has 80 valence electrons. The van der Waals surface area contributed by atoms with Gasteiger partial charge in [-0.05, 0) is 50.1 Å². The van der Waals surface area contributed by atoms with E-state index in [9.17, 15) is 0 Å². The number of nitriles is 1. The minimum atomic E-state index is 0.479. The summed E-state index contributed by atoms with van der Waals surface area (Å²) in [4.78, 5) is 2.02. The average molecular weight is 202 g/mol. The van der Waals surface area contributed by atoms with Gasteiger partial charge in [-0.2, -0.15) is 5.26 Å². The Bertz CT molecular complexity index is 388. The van der Waals surface area contributed by atoms with Crippen molar-refractivity contribution in [2.45, 2.75) is 27.3 Å². The van der Waals surface area contributed by atoms with Crippen LogP contribution in [0.2, 0.25) is 0 Å². The average Bonchev–Trinajstić information content (AvgIpc) is 2.14. The highest BCUT2D eigenvalue weighted by atomic mass is 15.1. The number of benzene rings is 1. The Morgan fingerprint density at radius 2 is 1.73 bits per heavy atom. The number of aryl methyl sites for hydroxylation is 3. The highest BCUT2D eigenvalue weighted by Crippen LogP contribution is 2.16. The Kier molecular flexibility index (Phi) is 3.88. The van der Waals surface area contributed by atoms with Gasteiger partial charge in [0.15, 0.2) is 0 Å². The van der Waals surface area contributed by atoms with E-state index in [0.29, 0.717) is 6.54 Å². The van der Waals surface area contributed by atoms with Crippen LogP contribution in [0.25, 0.3) is 0 Å². The van der Waals surface area contributed by atoms with Gasteiger partial charge >= 0.3 is 0 Å². The first-order valence-electron chi connectivity index (χ1n) is 5.17. The smallest absolute Gasteiger partial charge is 0.0866 e. The van der Waals surface area contributed by atoms with Crippen molar-refractivity contribution in [3.05, 3.63) is 34.4 Å². The van der Waals surface area contributed by atoms with Crippen molar-refractivity contribution in [3.63, 3.8) is 0 Å². The van der Waals surface area contributed by atoms with Crippen molar-refractivity contribution in [1.29, 1.82) is 5.26 Å². The van der Waals surface area contributed by atoms with Gasteiger partial charge in [-0.1, -0.05) is 12.1 Å². The molecule has 0 amide bonds. The van der Waals surface area contributed by atoms with Gasteiger partial charge in [0, 0.05) is 6.54 Å². The van der Waals surface area contributed by atoms with Gasteiger partial charge in [0.1, 0.15) is 0 Å². The lowest BCUT2D eigenvalue weighted by Gasteiger charge is -2.16. The topological polar surface area (TPSA) is 27.0 Å². The summed E-state index contributed by atoms with van der Waals surface area (Å²) >= 11 is 0. The van der Waals surface area contributed by atoms with Gasteiger partial charge in [0.2, 0.25) is 0 Å². The third-order valence-corrected chi connectivity index (χ3v) is 2.73. The van der Waals surface area contributed by atoms with Gasteiger partial charge in [0.05, 0.1) is 12.6 Å². The van der Waals surface area contributed by atoms with Crippen LogP contribution >= 0.6 is 0 Å². The maximum atomic E-state index is 8.59. The molecular weight excluding hydrogens is 184 g/mol. The molecule has 0 N–H and O–H groups in total. The van der Waals surface area contributed by atoms with Gasteiger partial charge in [-0.25, -0.2) is 0 Å². The maximum Gasteiger partial charge on any atom is 0.0866 e. The molecule has 0 heterocycles. The normalized spacial score (nSPS) is 10.4. The lowest BCUT2D eigenvalue weighted by Crippen LogP contribution is -2.18. The second-order valence-electron chi connectivity index (χ2n) is 4.19. The highest BCUT2D eigenvalue weighted by molar-refractivity contribution is 5.36. The molecule has 15 heavy (non-hydrogen) atoms. The van der Waals surface area contributed by atoms with Gasteiger partial charge in [-0.3, -0.25) is 4.90 Å². The Morgan fingerprint density at radius 3 is 2.33 bits per heavy atom. The number of hydrogen-bond donors (Lipinski definition) is 0. The molecule has 0 aliphatic heterocycles. The standard InChI is InChI=1S/C13H18N2/c1-10-7-12(3)13(8-11(10)2)9-15(4)6-5-14/h7-8H,6,9H2,1-4H3. The van der Waals surface area contributed by atoms with Crippen LogP contribution in [-0.2, 0) is 6.54 Å². The van der Waals surface area contributed by atoms with E-state index in [1.54, 1.807) is 0 Å². The summed E-state index contributed by atoms with van der Waals surface area (Å²) in [5, 5.41) is 8.59. The van der Waals surface area contributed by atoms with Crippen LogP contribution in [0.3, 0.4) is 0 Å². The summed E-state index contributed by atoms with van der Waals surface area (Å²) in [6.45, 7) is 7.71. The summed E-state index contributed by atoms with van der Waals surface area (Å²) < 4.78 is 0. The second kappa shape index (κ2) is 4.95. The Morgan fingerprint density at radius 1 is 1.13 bits per heavy atom. The van der Waals surface area contributed by atoms with E-state index in [4.69, 9.17) is 5.26 Å². The maximum absolute atomic E-state index is 8.59. The van der Waals surface area contributed by atoms with E-state index >= 15 is 0 Å². The van der Waals surface area contributed by atoms with Crippen LogP contribution in [0.5, 0.6) is 0 Å². The van der Waals surface area contributed by atoms with Crippen molar-refractivity contribution in [2.24, 2.45) is 0 Å². The zero-order chi connectivity index (χ0) is 11.4. The number of rotatable bonds is 3. The first-order chi connectivity index (χ1) is 7.04. The molecule has 1 aromatic rings. The molecule has 0 fully saturated rings. The molecule has 2 nitrogen and oxygen atoms in total. The van der Waals surface area contributed by atoms with E-state index in [2.05, 4.69) is 39.0 Å². The summed E-state index contributed by atoms with van der Waals surface area (Å²) in [7, 11) is 1.97. The predicted octanol–water partition coefficient (Wildman–Crippen LogP) is 2.57. The predicted molar refractivity (Wildman–Crippen MR) is 62.6 cm³/mol. The second-order valence-corrected chi connectivity index (χ2v) is 4.19. The summed E-state index contributed by atoms with van der Waals surface area (Å²) in [5.41, 5.74) is 5.28. The first-order valence-corrected chi connectivity index (χ1v) is 5.17. The number of hydrogen-bond acceptors (Lipinski definition) is 2. The molecule has 0 spiro atoms. The van der Waals surface area contributed by atoms with Crippen LogP contribution in [0.4, 0.5) is 0 Å². The van der Waals surface area contributed by atoms with E-state index < -0.39 is 0 Å². The largest absolute Gasteiger partial charge is 0.289 e. The summed E-state index contributed by atoms with van der Waals surface area (Å²) in [5.74, 6) is 0. The van der Waals surface area contributed by atoms with Crippen molar-refractivity contribution in [1.82, 2.24) is 4.90 Å². The minimum absolute atomic E-state index is 0.479. The lowest BCUT2D eigenvalue weighted by atomic mass is 10.0. The molecule has 0 atom stereocenters. The fourth-order valence-corrected chi connectivity index (χ4v) is 1.66. The Hall–Kier alpha value is -1.33. The zero-order valence-electron chi connectivity index (χ0n) is 9.96. The summed E-state index contributed by atoms with van der Waals surface area (Å²) in [6.07, 6.45) is 0. The van der Waals surface area contributed by atoms with Crippen molar-refractivity contribution in [3.8, 4) is 6.07 Å². The molecule has 0 aliphatic rings. The molecule has 0 unspecified atom stereocenters. The molecule has 0 radical (unpaired) electrons.